The number of aliphatic hydroxyl groups is 1. The molecule has 2 aliphatic rings. The molecular weight excluding hydrogens is 338 g/mol. The van der Waals surface area contributed by atoms with E-state index in [1.54, 1.807) is 24.3 Å². The molecule has 0 aliphatic carbocycles. The topological polar surface area (TPSA) is 107 Å². The Morgan fingerprint density at radius 3 is 2.42 bits per heavy atom. The van der Waals surface area contributed by atoms with E-state index in [-0.39, 0.29) is 17.2 Å². The molecule has 0 bridgehead atoms. The summed E-state index contributed by atoms with van der Waals surface area (Å²) in [5.74, 6) is -1.98. The van der Waals surface area contributed by atoms with Gasteiger partial charge in [-0.25, -0.2) is 4.79 Å². The summed E-state index contributed by atoms with van der Waals surface area (Å²) in [6.07, 6.45) is -0.838. The monoisotopic (exact) mass is 361 g/mol. The summed E-state index contributed by atoms with van der Waals surface area (Å²) in [6.45, 7) is 5.45. The van der Waals surface area contributed by atoms with Gasteiger partial charge in [-0.1, -0.05) is 32.9 Å². The van der Waals surface area contributed by atoms with Crippen molar-refractivity contribution in [3.8, 4) is 5.75 Å². The largest absolute Gasteiger partial charge is 0.508 e. The summed E-state index contributed by atoms with van der Waals surface area (Å²) < 4.78 is 5.78. The minimum atomic E-state index is -1.21. The molecule has 1 aromatic rings. The van der Waals surface area contributed by atoms with Gasteiger partial charge in [0.1, 0.15) is 17.4 Å². The zero-order valence-electron chi connectivity index (χ0n) is 15.0. The van der Waals surface area contributed by atoms with Crippen molar-refractivity contribution in [3.63, 3.8) is 0 Å². The number of hydrogen-bond donors (Lipinski definition) is 3. The van der Waals surface area contributed by atoms with Gasteiger partial charge in [-0.2, -0.15) is 0 Å². The van der Waals surface area contributed by atoms with Crippen LogP contribution in [0.1, 0.15) is 32.8 Å². The fraction of sp³-hybridized carbons (Fsp3) is 0.474. The van der Waals surface area contributed by atoms with E-state index in [0.717, 1.165) is 10.5 Å². The van der Waals surface area contributed by atoms with Crippen LogP contribution in [0.15, 0.2) is 35.7 Å². The van der Waals surface area contributed by atoms with Crippen molar-refractivity contribution in [2.45, 2.75) is 45.9 Å². The number of amides is 1. The quantitative estimate of drug-likeness (QED) is 0.691. The first-order chi connectivity index (χ1) is 12.1. The molecule has 3 atom stereocenters. The number of aryl methyl sites for hydroxylation is 1. The number of ether oxygens (including phenoxy) is 1. The van der Waals surface area contributed by atoms with Crippen LogP contribution in [-0.4, -0.2) is 44.4 Å². The van der Waals surface area contributed by atoms with Gasteiger partial charge in [0.05, 0.1) is 6.10 Å². The molecule has 1 fully saturated rings. The van der Waals surface area contributed by atoms with Crippen LogP contribution in [0, 0.1) is 11.3 Å². The molecule has 0 radical (unpaired) electrons. The van der Waals surface area contributed by atoms with Crippen molar-refractivity contribution in [1.82, 2.24) is 4.90 Å². The van der Waals surface area contributed by atoms with E-state index in [1.807, 2.05) is 20.8 Å². The highest BCUT2D eigenvalue weighted by molar-refractivity contribution is 5.98. The number of carbonyl (C=O) groups excluding carboxylic acids is 1. The maximum atomic E-state index is 12.5. The van der Waals surface area contributed by atoms with E-state index in [0.29, 0.717) is 12.8 Å². The second-order valence-corrected chi connectivity index (χ2v) is 7.75. The maximum Gasteiger partial charge on any atom is 0.356 e. The van der Waals surface area contributed by atoms with E-state index in [2.05, 4.69) is 0 Å². The standard InChI is InChI=1S/C19H23NO6/c1-19(2,3)15-14(18(24)25)20-16(23)13(17(20)26-15)12(22)9-6-10-4-7-11(21)8-5-10/h4-5,7-8,12-13,17,21-22H,6,9H2,1-3H3,(H,24,25)/t12-,13+,17-/m1/s1. The van der Waals surface area contributed by atoms with Crippen LogP contribution >= 0.6 is 0 Å². The van der Waals surface area contributed by atoms with Crippen LogP contribution < -0.4 is 0 Å². The third-order valence-electron chi connectivity index (χ3n) is 4.74. The number of benzene rings is 1. The van der Waals surface area contributed by atoms with Crippen LogP contribution in [-0.2, 0) is 20.7 Å². The molecule has 3 rings (SSSR count). The number of allylic oxidation sites excluding steroid dienone is 1. The van der Waals surface area contributed by atoms with Crippen LogP contribution in [0.3, 0.4) is 0 Å². The Morgan fingerprint density at radius 2 is 1.88 bits per heavy atom. The third kappa shape index (κ3) is 3.03. The molecular formula is C19H23NO6. The smallest absolute Gasteiger partial charge is 0.356 e. The molecule has 1 aromatic carbocycles. The van der Waals surface area contributed by atoms with E-state index < -0.39 is 35.5 Å². The number of carboxylic acid groups (broad SMARTS) is 1. The number of fused-ring (bicyclic) bond motifs is 1. The Bertz CT molecular complexity index is 761. The van der Waals surface area contributed by atoms with Gasteiger partial charge in [0, 0.05) is 5.41 Å². The van der Waals surface area contributed by atoms with Crippen LogP contribution in [0.5, 0.6) is 5.75 Å². The van der Waals surface area contributed by atoms with Gasteiger partial charge in [-0.15, -0.1) is 0 Å². The van der Waals surface area contributed by atoms with Gasteiger partial charge in [0.2, 0.25) is 5.91 Å². The molecule has 0 aromatic heterocycles. The molecule has 2 aliphatic heterocycles. The maximum absolute atomic E-state index is 12.5. The zero-order valence-corrected chi connectivity index (χ0v) is 15.0. The number of phenolic OH excluding ortho intramolecular Hbond substituents is 1. The lowest BCUT2D eigenvalue weighted by Crippen LogP contribution is -2.63. The number of carboxylic acids is 1. The average molecular weight is 361 g/mol. The molecule has 140 valence electrons. The van der Waals surface area contributed by atoms with Crippen LogP contribution in [0.25, 0.3) is 0 Å². The predicted molar refractivity (Wildman–Crippen MR) is 91.8 cm³/mol. The van der Waals surface area contributed by atoms with Crippen LogP contribution in [0.4, 0.5) is 0 Å². The SMILES string of the molecule is CC(C)(C)C1=C(C(=O)O)N2C(=O)[C@H]([C@H](O)CCc3ccc(O)cc3)[C@H]2O1. The molecule has 0 unspecified atom stereocenters. The highest BCUT2D eigenvalue weighted by Gasteiger charge is 2.60. The molecule has 7 nitrogen and oxygen atoms in total. The Kier molecular flexibility index (Phi) is 4.44. The molecule has 1 saturated heterocycles. The summed E-state index contributed by atoms with van der Waals surface area (Å²) in [5, 5.41) is 29.2. The third-order valence-corrected chi connectivity index (χ3v) is 4.74. The molecule has 0 spiro atoms. The Labute approximate surface area is 151 Å². The van der Waals surface area contributed by atoms with Crippen molar-refractivity contribution >= 4 is 11.9 Å². The Hall–Kier alpha value is -2.54. The summed E-state index contributed by atoms with van der Waals surface area (Å²) in [4.78, 5) is 25.2. The molecule has 1 amide bonds. The van der Waals surface area contributed by atoms with Crippen molar-refractivity contribution in [3.05, 3.63) is 41.3 Å². The number of rotatable bonds is 5. The van der Waals surface area contributed by atoms with E-state index in [9.17, 15) is 24.9 Å². The Morgan fingerprint density at radius 1 is 1.27 bits per heavy atom. The van der Waals surface area contributed by atoms with E-state index >= 15 is 0 Å². The first-order valence-electron chi connectivity index (χ1n) is 8.55. The molecule has 26 heavy (non-hydrogen) atoms. The second kappa shape index (κ2) is 6.32. The fourth-order valence-corrected chi connectivity index (χ4v) is 3.38. The van der Waals surface area contributed by atoms with Gasteiger partial charge in [0.25, 0.3) is 0 Å². The number of aliphatic hydroxyl groups excluding tert-OH is 1. The number of nitrogens with zero attached hydrogens (tertiary/aromatic N) is 1. The van der Waals surface area contributed by atoms with Crippen molar-refractivity contribution < 1.29 is 29.6 Å². The summed E-state index contributed by atoms with van der Waals surface area (Å²) in [6, 6.07) is 6.64. The van der Waals surface area contributed by atoms with Gasteiger partial charge in [-0.05, 0) is 30.5 Å². The number of phenols is 1. The average Bonchev–Trinajstić information content (AvgIpc) is 2.90. The highest BCUT2D eigenvalue weighted by Crippen LogP contribution is 2.47. The molecule has 0 saturated carbocycles. The zero-order chi connectivity index (χ0) is 19.2. The lowest BCUT2D eigenvalue weighted by atomic mass is 9.86. The summed E-state index contributed by atoms with van der Waals surface area (Å²) in [7, 11) is 0. The van der Waals surface area contributed by atoms with Gasteiger partial charge in [-0.3, -0.25) is 9.69 Å². The van der Waals surface area contributed by atoms with Crippen molar-refractivity contribution in [2.24, 2.45) is 11.3 Å². The number of β-lactam (4-membered cyclic amide) rings is 1. The van der Waals surface area contributed by atoms with Gasteiger partial charge >= 0.3 is 5.97 Å². The minimum Gasteiger partial charge on any atom is -0.508 e. The predicted octanol–water partition coefficient (Wildman–Crippen LogP) is 1.84. The van der Waals surface area contributed by atoms with E-state index in [1.165, 1.54) is 0 Å². The Balaban J connectivity index is 1.70. The number of carbonyl (C=O) groups is 2. The number of aliphatic carboxylic acids is 1. The number of hydrogen-bond acceptors (Lipinski definition) is 5. The van der Waals surface area contributed by atoms with Crippen molar-refractivity contribution in [1.29, 1.82) is 0 Å². The normalized spacial score (nSPS) is 23.4. The van der Waals surface area contributed by atoms with Gasteiger partial charge < -0.3 is 20.1 Å². The summed E-state index contributed by atoms with van der Waals surface area (Å²) in [5.41, 5.74) is 0.236. The molecule has 2 heterocycles. The molecule has 3 N–H and O–H groups in total. The van der Waals surface area contributed by atoms with E-state index in [4.69, 9.17) is 4.74 Å². The van der Waals surface area contributed by atoms with Crippen LogP contribution in [0.2, 0.25) is 0 Å². The molecule has 7 heteroatoms. The highest BCUT2D eigenvalue weighted by atomic mass is 16.5. The lowest BCUT2D eigenvalue weighted by Gasteiger charge is -2.43. The van der Waals surface area contributed by atoms with Gasteiger partial charge in [0.15, 0.2) is 11.9 Å². The lowest BCUT2D eigenvalue weighted by molar-refractivity contribution is -0.184. The first-order valence-corrected chi connectivity index (χ1v) is 8.55. The minimum absolute atomic E-state index is 0.130. The summed E-state index contributed by atoms with van der Waals surface area (Å²) >= 11 is 0. The first kappa shape index (κ1) is 18.3. The fourth-order valence-electron chi connectivity index (χ4n) is 3.38. The van der Waals surface area contributed by atoms with Crippen molar-refractivity contribution in [2.75, 3.05) is 0 Å². The second-order valence-electron chi connectivity index (χ2n) is 7.75. The number of aromatic hydroxyl groups is 1.